The van der Waals surface area contributed by atoms with Crippen molar-refractivity contribution < 1.29 is 23.8 Å². The number of imidazole rings is 1. The number of anilines is 1. The van der Waals surface area contributed by atoms with Crippen LogP contribution in [0.3, 0.4) is 0 Å². The van der Waals surface area contributed by atoms with Gasteiger partial charge in [0.05, 0.1) is 30.0 Å². The molecular weight excluding hydrogens is 470 g/mol. The minimum absolute atomic E-state index is 0.0715. The van der Waals surface area contributed by atoms with Gasteiger partial charge < -0.3 is 19.2 Å². The van der Waals surface area contributed by atoms with Crippen LogP contribution in [-0.4, -0.2) is 33.9 Å². The van der Waals surface area contributed by atoms with Gasteiger partial charge in [0.15, 0.2) is 0 Å². The largest absolute Gasteiger partial charge is 0.507 e. The number of aliphatic hydroxyl groups excluding tert-OH is 1. The zero-order valence-electron chi connectivity index (χ0n) is 21.7. The van der Waals surface area contributed by atoms with Crippen molar-refractivity contribution in [3.63, 3.8) is 0 Å². The number of aromatic amines is 1. The highest BCUT2D eigenvalue weighted by Gasteiger charge is 2.49. The third kappa shape index (κ3) is 3.98. The van der Waals surface area contributed by atoms with Crippen molar-refractivity contribution in [1.82, 2.24) is 9.97 Å². The molecule has 1 unspecified atom stereocenters. The van der Waals surface area contributed by atoms with E-state index in [9.17, 15) is 14.7 Å². The van der Waals surface area contributed by atoms with E-state index in [0.717, 1.165) is 22.2 Å². The van der Waals surface area contributed by atoms with E-state index in [2.05, 4.69) is 9.97 Å². The number of aromatic nitrogens is 2. The molecule has 3 heterocycles. The second-order valence-electron chi connectivity index (χ2n) is 10.4. The summed E-state index contributed by atoms with van der Waals surface area (Å²) in [7, 11) is 1.59. The maximum Gasteiger partial charge on any atom is 0.302 e. The van der Waals surface area contributed by atoms with E-state index in [-0.39, 0.29) is 22.7 Å². The number of aliphatic hydroxyl groups is 1. The van der Waals surface area contributed by atoms with E-state index >= 15 is 0 Å². The van der Waals surface area contributed by atoms with Crippen LogP contribution in [0.15, 0.2) is 58.7 Å². The van der Waals surface area contributed by atoms with Gasteiger partial charge in [0.25, 0.3) is 5.78 Å². The number of nitrogens with one attached hydrogen (secondary N) is 1. The summed E-state index contributed by atoms with van der Waals surface area (Å²) >= 11 is 0. The average molecular weight is 500 g/mol. The number of ether oxygens (including phenoxy) is 1. The maximum absolute atomic E-state index is 13.4. The summed E-state index contributed by atoms with van der Waals surface area (Å²) in [6.07, 6.45) is 1.46. The van der Waals surface area contributed by atoms with E-state index in [4.69, 9.17) is 9.15 Å². The van der Waals surface area contributed by atoms with E-state index < -0.39 is 17.7 Å². The minimum atomic E-state index is -1.00. The number of carbonyl (C=O) groups excluding carboxylic acids is 2. The van der Waals surface area contributed by atoms with Gasteiger partial charge >= 0.3 is 5.91 Å². The highest BCUT2D eigenvalue weighted by atomic mass is 16.5. The van der Waals surface area contributed by atoms with E-state index in [1.807, 2.05) is 46.8 Å². The lowest BCUT2D eigenvalue weighted by atomic mass is 9.84. The molecule has 0 aliphatic carbocycles. The number of methoxy groups -OCH3 is 1. The lowest BCUT2D eigenvalue weighted by Crippen LogP contribution is -2.30. The molecule has 1 amide bonds. The van der Waals surface area contributed by atoms with Crippen molar-refractivity contribution in [2.24, 2.45) is 0 Å². The fourth-order valence-electron chi connectivity index (χ4n) is 4.73. The molecule has 0 spiro atoms. The number of Topliss-reactive ketones (excluding diaryl/α,β-unsaturated/α-hetero) is 1. The zero-order chi connectivity index (χ0) is 26.6. The van der Waals surface area contributed by atoms with Crippen LogP contribution in [0.1, 0.15) is 54.8 Å². The molecule has 2 N–H and O–H groups in total. The quantitative estimate of drug-likeness (QED) is 0.212. The number of benzene rings is 2. The van der Waals surface area contributed by atoms with Crippen LogP contribution in [0.2, 0.25) is 0 Å². The summed E-state index contributed by atoms with van der Waals surface area (Å²) in [5.41, 5.74) is 4.43. The van der Waals surface area contributed by atoms with Gasteiger partial charge in [-0.2, -0.15) is 0 Å². The lowest BCUT2D eigenvalue weighted by Gasteiger charge is -2.23. The Hall–Kier alpha value is -4.33. The average Bonchev–Trinajstić information content (AvgIpc) is 3.57. The summed E-state index contributed by atoms with van der Waals surface area (Å²) in [6.45, 7) is 10.1. The first-order valence-corrected chi connectivity index (χ1v) is 12.0. The SMILES string of the molecule is COc1ccc(/C(O)=C2\C(=O)C(=O)N(c3nc4cc(C)c(C)cc4[nH]3)C2c2ccco2)cc1C(C)(C)C. The molecule has 0 saturated carbocycles. The first-order chi connectivity index (χ1) is 17.5. The third-order valence-electron chi connectivity index (χ3n) is 6.85. The van der Waals surface area contributed by atoms with Crippen LogP contribution >= 0.6 is 0 Å². The second-order valence-corrected chi connectivity index (χ2v) is 10.4. The Morgan fingerprint density at radius 1 is 1.11 bits per heavy atom. The van der Waals surface area contributed by atoms with Crippen molar-refractivity contribution in [2.45, 2.75) is 46.1 Å². The van der Waals surface area contributed by atoms with Crippen molar-refractivity contribution >= 4 is 34.4 Å². The number of rotatable bonds is 4. The smallest absolute Gasteiger partial charge is 0.302 e. The molecule has 37 heavy (non-hydrogen) atoms. The molecular formula is C29H29N3O5. The number of amides is 1. The molecule has 0 bridgehead atoms. The normalized spacial score (nSPS) is 17.7. The molecule has 8 heteroatoms. The van der Waals surface area contributed by atoms with Crippen molar-refractivity contribution in [2.75, 3.05) is 12.0 Å². The number of furan rings is 1. The summed E-state index contributed by atoms with van der Waals surface area (Å²) in [4.78, 5) is 35.9. The number of fused-ring (bicyclic) bond motifs is 1. The lowest BCUT2D eigenvalue weighted by molar-refractivity contribution is -0.132. The predicted octanol–water partition coefficient (Wildman–Crippen LogP) is 5.71. The highest BCUT2D eigenvalue weighted by Crippen LogP contribution is 2.43. The van der Waals surface area contributed by atoms with Crippen LogP contribution in [0, 0.1) is 13.8 Å². The number of hydrogen-bond donors (Lipinski definition) is 2. The van der Waals surface area contributed by atoms with Crippen LogP contribution < -0.4 is 9.64 Å². The van der Waals surface area contributed by atoms with Crippen LogP contribution in [-0.2, 0) is 15.0 Å². The van der Waals surface area contributed by atoms with Gasteiger partial charge in [-0.1, -0.05) is 20.8 Å². The molecule has 0 radical (unpaired) electrons. The monoisotopic (exact) mass is 499 g/mol. The van der Waals surface area contributed by atoms with Gasteiger partial charge in [0.2, 0.25) is 5.95 Å². The molecule has 190 valence electrons. The van der Waals surface area contributed by atoms with Gasteiger partial charge in [-0.05, 0) is 72.9 Å². The number of aryl methyl sites for hydroxylation is 2. The first-order valence-electron chi connectivity index (χ1n) is 12.0. The Balaban J connectivity index is 1.71. The Morgan fingerprint density at radius 2 is 1.84 bits per heavy atom. The molecule has 8 nitrogen and oxygen atoms in total. The number of ketones is 1. The van der Waals surface area contributed by atoms with Gasteiger partial charge in [0, 0.05) is 11.1 Å². The van der Waals surface area contributed by atoms with Crippen molar-refractivity contribution in [1.29, 1.82) is 0 Å². The molecule has 2 aromatic carbocycles. The molecule has 1 fully saturated rings. The summed E-state index contributed by atoms with van der Waals surface area (Å²) < 4.78 is 11.2. The first kappa shape index (κ1) is 24.4. The Kier molecular flexibility index (Phi) is 5.70. The maximum atomic E-state index is 13.4. The Morgan fingerprint density at radius 3 is 2.49 bits per heavy atom. The number of hydrogen-bond acceptors (Lipinski definition) is 6. The minimum Gasteiger partial charge on any atom is -0.507 e. The number of H-pyrrole nitrogens is 1. The summed E-state index contributed by atoms with van der Waals surface area (Å²) in [5.74, 6) is -0.719. The van der Waals surface area contributed by atoms with Crippen LogP contribution in [0.5, 0.6) is 5.75 Å². The van der Waals surface area contributed by atoms with Crippen LogP contribution in [0.25, 0.3) is 16.8 Å². The van der Waals surface area contributed by atoms with Gasteiger partial charge in [-0.3, -0.25) is 14.5 Å². The van der Waals surface area contributed by atoms with Crippen molar-refractivity contribution in [3.8, 4) is 5.75 Å². The van der Waals surface area contributed by atoms with E-state index in [1.165, 1.54) is 11.2 Å². The molecule has 1 atom stereocenters. The molecule has 1 saturated heterocycles. The second kappa shape index (κ2) is 8.65. The third-order valence-corrected chi connectivity index (χ3v) is 6.85. The molecule has 2 aromatic heterocycles. The summed E-state index contributed by atoms with van der Waals surface area (Å²) in [6, 6.07) is 11.4. The van der Waals surface area contributed by atoms with Crippen molar-refractivity contribution in [3.05, 3.63) is 82.3 Å². The fourth-order valence-corrected chi connectivity index (χ4v) is 4.73. The Bertz CT molecular complexity index is 1530. The molecule has 1 aliphatic heterocycles. The van der Waals surface area contributed by atoms with Gasteiger partial charge in [-0.15, -0.1) is 0 Å². The van der Waals surface area contributed by atoms with Crippen LogP contribution in [0.4, 0.5) is 5.95 Å². The van der Waals surface area contributed by atoms with Gasteiger partial charge in [0.1, 0.15) is 23.3 Å². The predicted molar refractivity (Wildman–Crippen MR) is 141 cm³/mol. The zero-order valence-corrected chi connectivity index (χ0v) is 21.7. The fraction of sp³-hybridized carbons (Fsp3) is 0.276. The summed E-state index contributed by atoms with van der Waals surface area (Å²) in [5, 5.41) is 11.5. The topological polar surface area (TPSA) is 109 Å². The number of carbonyl (C=O) groups is 2. The molecule has 5 rings (SSSR count). The molecule has 4 aromatic rings. The van der Waals surface area contributed by atoms with Gasteiger partial charge in [-0.25, -0.2) is 4.98 Å². The number of nitrogens with zero attached hydrogens (tertiary/aromatic N) is 2. The van der Waals surface area contributed by atoms with E-state index in [1.54, 1.807) is 37.4 Å². The standard InChI is InChI=1S/C29H29N3O5/c1-15-12-19-20(13-16(15)2)31-28(30-19)32-24(22-8-7-11-37-22)23(26(34)27(32)35)25(33)17-9-10-21(36-6)18(14-17)29(3,4)5/h7-14,24,33H,1-6H3,(H,30,31)/b25-23+. The molecule has 1 aliphatic rings. The Labute approximate surface area is 214 Å². The van der Waals surface area contributed by atoms with E-state index in [0.29, 0.717) is 22.6 Å². The highest BCUT2D eigenvalue weighted by molar-refractivity contribution is 6.51.